The molecule has 2 aromatic carbocycles. The zero-order valence-electron chi connectivity index (χ0n) is 12.5. The fourth-order valence-electron chi connectivity index (χ4n) is 2.58. The number of amides is 2. The molecular weight excluding hydrogens is 316 g/mol. The number of hydrogen-bond acceptors (Lipinski definition) is 4. The quantitative estimate of drug-likeness (QED) is 0.875. The predicted octanol–water partition coefficient (Wildman–Crippen LogP) is 3.09. The summed E-state index contributed by atoms with van der Waals surface area (Å²) >= 11 is 6.10. The lowest BCUT2D eigenvalue weighted by Crippen LogP contribution is -2.35. The maximum absolute atomic E-state index is 12.6. The molecule has 2 aromatic rings. The van der Waals surface area contributed by atoms with E-state index in [0.29, 0.717) is 22.1 Å². The van der Waals surface area contributed by atoms with Crippen molar-refractivity contribution in [3.8, 4) is 5.75 Å². The third-order valence-electron chi connectivity index (χ3n) is 3.68. The highest BCUT2D eigenvalue weighted by Crippen LogP contribution is 2.32. The van der Waals surface area contributed by atoms with E-state index in [1.165, 1.54) is 0 Å². The molecule has 118 valence electrons. The Morgan fingerprint density at radius 1 is 1.13 bits per heavy atom. The lowest BCUT2D eigenvalue weighted by atomic mass is 10.2. The summed E-state index contributed by atoms with van der Waals surface area (Å²) in [4.78, 5) is 26.0. The summed E-state index contributed by atoms with van der Waals surface area (Å²) in [6.07, 6.45) is 0.0715. The Kier molecular flexibility index (Phi) is 4.21. The summed E-state index contributed by atoms with van der Waals surface area (Å²) in [7, 11) is 1.55. The smallest absolute Gasteiger partial charge is 0.256 e. The average molecular weight is 331 g/mol. The number of nitrogens with one attached hydrogen (secondary N) is 1. The molecule has 0 aromatic heterocycles. The van der Waals surface area contributed by atoms with Crippen LogP contribution in [0, 0.1) is 0 Å². The first kappa shape index (κ1) is 15.4. The fourth-order valence-corrected chi connectivity index (χ4v) is 2.80. The van der Waals surface area contributed by atoms with E-state index in [4.69, 9.17) is 16.3 Å². The standard InChI is InChI=1S/C17H15ClN2O3/c1-23-15-9-5-3-7-12(15)19-13-10-16(21)20(17(13)22)14-8-4-2-6-11(14)18/h2-9,13,19H,10H2,1H3. The molecule has 1 unspecified atom stereocenters. The molecule has 1 heterocycles. The van der Waals surface area contributed by atoms with Crippen molar-refractivity contribution >= 4 is 34.8 Å². The summed E-state index contributed by atoms with van der Waals surface area (Å²) in [6.45, 7) is 0. The van der Waals surface area contributed by atoms with Gasteiger partial charge in [-0.2, -0.15) is 0 Å². The molecule has 0 spiro atoms. The van der Waals surface area contributed by atoms with Crippen molar-refractivity contribution < 1.29 is 14.3 Å². The molecule has 0 radical (unpaired) electrons. The maximum atomic E-state index is 12.6. The van der Waals surface area contributed by atoms with E-state index in [-0.39, 0.29) is 18.2 Å². The van der Waals surface area contributed by atoms with Crippen LogP contribution < -0.4 is 15.0 Å². The second kappa shape index (κ2) is 6.30. The first-order chi connectivity index (χ1) is 11.1. The van der Waals surface area contributed by atoms with Crippen LogP contribution in [0.3, 0.4) is 0 Å². The molecule has 3 rings (SSSR count). The number of hydrogen-bond donors (Lipinski definition) is 1. The predicted molar refractivity (Wildman–Crippen MR) is 89.0 cm³/mol. The van der Waals surface area contributed by atoms with Gasteiger partial charge in [0.25, 0.3) is 5.91 Å². The van der Waals surface area contributed by atoms with Crippen LogP contribution in [0.1, 0.15) is 6.42 Å². The second-order valence-corrected chi connectivity index (χ2v) is 5.53. The number of ether oxygens (including phenoxy) is 1. The molecule has 1 N–H and O–H groups in total. The first-order valence-corrected chi connectivity index (χ1v) is 7.50. The van der Waals surface area contributed by atoms with Crippen molar-refractivity contribution in [1.82, 2.24) is 0 Å². The Morgan fingerprint density at radius 3 is 2.57 bits per heavy atom. The van der Waals surface area contributed by atoms with Gasteiger partial charge in [-0.1, -0.05) is 35.9 Å². The fraction of sp³-hybridized carbons (Fsp3) is 0.176. The zero-order chi connectivity index (χ0) is 16.4. The van der Waals surface area contributed by atoms with Gasteiger partial charge < -0.3 is 10.1 Å². The number of halogens is 1. The monoisotopic (exact) mass is 330 g/mol. The van der Waals surface area contributed by atoms with Gasteiger partial charge in [-0.05, 0) is 24.3 Å². The summed E-state index contributed by atoms with van der Waals surface area (Å²) < 4.78 is 5.25. The van der Waals surface area contributed by atoms with E-state index in [2.05, 4.69) is 5.32 Å². The molecule has 1 atom stereocenters. The molecule has 0 aliphatic carbocycles. The summed E-state index contributed by atoms with van der Waals surface area (Å²) in [6, 6.07) is 13.4. The number of methoxy groups -OCH3 is 1. The van der Waals surface area contributed by atoms with E-state index < -0.39 is 6.04 Å². The Bertz CT molecular complexity index is 763. The molecule has 1 fully saturated rings. The van der Waals surface area contributed by atoms with Crippen LogP contribution >= 0.6 is 11.6 Å². The van der Waals surface area contributed by atoms with Gasteiger partial charge in [-0.15, -0.1) is 0 Å². The van der Waals surface area contributed by atoms with Crippen molar-refractivity contribution in [2.45, 2.75) is 12.5 Å². The molecule has 1 aliphatic rings. The number of imide groups is 1. The largest absolute Gasteiger partial charge is 0.495 e. The third-order valence-corrected chi connectivity index (χ3v) is 4.00. The Hall–Kier alpha value is -2.53. The minimum absolute atomic E-state index is 0.0715. The number of carbonyl (C=O) groups is 2. The third kappa shape index (κ3) is 2.87. The van der Waals surface area contributed by atoms with Crippen LogP contribution in [0.2, 0.25) is 5.02 Å². The van der Waals surface area contributed by atoms with Crippen molar-refractivity contribution in [2.24, 2.45) is 0 Å². The molecular formula is C17H15ClN2O3. The van der Waals surface area contributed by atoms with E-state index in [1.807, 2.05) is 12.1 Å². The minimum Gasteiger partial charge on any atom is -0.495 e. The molecule has 1 aliphatic heterocycles. The van der Waals surface area contributed by atoms with Crippen LogP contribution in [0.5, 0.6) is 5.75 Å². The number of benzene rings is 2. The van der Waals surface area contributed by atoms with Gasteiger partial charge in [0.05, 0.1) is 29.9 Å². The van der Waals surface area contributed by atoms with Crippen molar-refractivity contribution in [1.29, 1.82) is 0 Å². The van der Waals surface area contributed by atoms with Gasteiger partial charge in [0.15, 0.2) is 0 Å². The minimum atomic E-state index is -0.643. The zero-order valence-corrected chi connectivity index (χ0v) is 13.2. The number of carbonyl (C=O) groups excluding carboxylic acids is 2. The first-order valence-electron chi connectivity index (χ1n) is 7.12. The van der Waals surface area contributed by atoms with E-state index in [1.54, 1.807) is 43.5 Å². The van der Waals surface area contributed by atoms with Crippen LogP contribution in [-0.4, -0.2) is 25.0 Å². The second-order valence-electron chi connectivity index (χ2n) is 5.12. The Labute approximate surface area is 138 Å². The molecule has 5 nitrogen and oxygen atoms in total. The van der Waals surface area contributed by atoms with Crippen molar-refractivity contribution in [2.75, 3.05) is 17.3 Å². The lowest BCUT2D eigenvalue weighted by molar-refractivity contribution is -0.121. The number of rotatable bonds is 4. The number of anilines is 2. The van der Waals surface area contributed by atoms with Gasteiger partial charge in [-0.3, -0.25) is 9.59 Å². The molecule has 6 heteroatoms. The number of nitrogens with zero attached hydrogens (tertiary/aromatic N) is 1. The molecule has 1 saturated heterocycles. The topological polar surface area (TPSA) is 58.6 Å². The van der Waals surface area contributed by atoms with Gasteiger partial charge in [0.2, 0.25) is 5.91 Å². The van der Waals surface area contributed by atoms with Gasteiger partial charge in [0, 0.05) is 0 Å². The van der Waals surface area contributed by atoms with E-state index >= 15 is 0 Å². The maximum Gasteiger partial charge on any atom is 0.256 e. The average Bonchev–Trinajstić information content (AvgIpc) is 2.83. The van der Waals surface area contributed by atoms with Gasteiger partial charge >= 0.3 is 0 Å². The van der Waals surface area contributed by atoms with Crippen LogP contribution in [0.15, 0.2) is 48.5 Å². The van der Waals surface area contributed by atoms with Gasteiger partial charge in [-0.25, -0.2) is 4.90 Å². The van der Waals surface area contributed by atoms with E-state index in [0.717, 1.165) is 4.90 Å². The molecule has 2 amide bonds. The summed E-state index contributed by atoms with van der Waals surface area (Å²) in [5.41, 5.74) is 1.08. The van der Waals surface area contributed by atoms with Crippen LogP contribution in [-0.2, 0) is 9.59 Å². The molecule has 0 saturated carbocycles. The van der Waals surface area contributed by atoms with Gasteiger partial charge in [0.1, 0.15) is 11.8 Å². The molecule has 23 heavy (non-hydrogen) atoms. The number of para-hydroxylation sites is 3. The van der Waals surface area contributed by atoms with Crippen LogP contribution in [0.25, 0.3) is 0 Å². The normalized spacial score (nSPS) is 17.5. The Morgan fingerprint density at radius 2 is 1.83 bits per heavy atom. The lowest BCUT2D eigenvalue weighted by Gasteiger charge is -2.18. The molecule has 0 bridgehead atoms. The van der Waals surface area contributed by atoms with E-state index in [9.17, 15) is 9.59 Å². The summed E-state index contributed by atoms with van der Waals surface area (Å²) in [5.74, 6) is 0.00782. The highest BCUT2D eigenvalue weighted by atomic mass is 35.5. The van der Waals surface area contributed by atoms with Crippen LogP contribution in [0.4, 0.5) is 11.4 Å². The Balaban J connectivity index is 1.86. The summed E-state index contributed by atoms with van der Waals surface area (Å²) in [5, 5.41) is 3.45. The van der Waals surface area contributed by atoms with Crippen molar-refractivity contribution in [3.05, 3.63) is 53.6 Å². The highest BCUT2D eigenvalue weighted by Gasteiger charge is 2.40. The van der Waals surface area contributed by atoms with Crippen molar-refractivity contribution in [3.63, 3.8) is 0 Å². The SMILES string of the molecule is COc1ccccc1NC1CC(=O)N(c2ccccc2Cl)C1=O. The highest BCUT2D eigenvalue weighted by molar-refractivity contribution is 6.36.